The molecule has 11 atom stereocenters. The van der Waals surface area contributed by atoms with E-state index < -0.39 is 128 Å². The number of benzene rings is 1. The number of aryl methyl sites for hydroxylation is 1. The predicted molar refractivity (Wildman–Crippen MR) is 265 cm³/mol. The molecule has 0 unspecified atom stereocenters. The lowest BCUT2D eigenvalue weighted by atomic mass is 9.77. The number of aliphatic hydroxyl groups is 9. The summed E-state index contributed by atoms with van der Waals surface area (Å²) in [5, 5.41) is 116. The summed E-state index contributed by atoms with van der Waals surface area (Å²) in [6, 6.07) is 2.67. The van der Waals surface area contributed by atoms with Gasteiger partial charge in [0.05, 0.1) is 73.2 Å². The van der Waals surface area contributed by atoms with E-state index in [-0.39, 0.29) is 67.4 Å². The van der Waals surface area contributed by atoms with Crippen LogP contribution in [-0.4, -0.2) is 187 Å². The van der Waals surface area contributed by atoms with Crippen LogP contribution in [0.1, 0.15) is 75.1 Å². The lowest BCUT2D eigenvalue weighted by Crippen LogP contribution is -2.54. The number of aromatic nitrogens is 2. The molecule has 0 saturated carbocycles. The summed E-state index contributed by atoms with van der Waals surface area (Å²) in [7, 11) is 1.89. The number of carboxylic acids is 2. The van der Waals surface area contributed by atoms with Crippen molar-refractivity contribution in [2.45, 2.75) is 127 Å². The van der Waals surface area contributed by atoms with Crippen molar-refractivity contribution in [3.05, 3.63) is 56.9 Å². The van der Waals surface area contributed by atoms with Gasteiger partial charge in [-0.05, 0) is 55.5 Å². The van der Waals surface area contributed by atoms with Gasteiger partial charge in [0.25, 0.3) is 5.56 Å². The number of pyridine rings is 2. The number of hydrogen-bond acceptors (Lipinski definition) is 22. The Morgan fingerprint density at radius 3 is 2.01 bits per heavy atom. The van der Waals surface area contributed by atoms with E-state index in [2.05, 4.69) is 10.6 Å². The summed E-state index contributed by atoms with van der Waals surface area (Å²) in [6.45, 7) is 2.79. The van der Waals surface area contributed by atoms with E-state index in [4.69, 9.17) is 19.6 Å². The monoisotopic (exact) mass is 1090 g/mol. The molecule has 13 N–H and O–H groups in total. The lowest BCUT2D eigenvalue weighted by molar-refractivity contribution is -0.148. The summed E-state index contributed by atoms with van der Waals surface area (Å²) in [5.41, 5.74) is 1.79. The lowest BCUT2D eigenvalue weighted by Gasteiger charge is -2.32. The Balaban J connectivity index is 1.19. The van der Waals surface area contributed by atoms with Gasteiger partial charge >= 0.3 is 18.1 Å². The van der Waals surface area contributed by atoms with Crippen LogP contribution in [0.4, 0.5) is 4.79 Å². The van der Waals surface area contributed by atoms with Crippen LogP contribution >= 0.6 is 21.6 Å². The Kier molecular flexibility index (Phi) is 21.3. The largest absolute Gasteiger partial charge is 0.513 e. The molecular weight excluding hydrogens is 1030 g/mol. The van der Waals surface area contributed by atoms with Gasteiger partial charge in [0.1, 0.15) is 48.4 Å². The Labute approximate surface area is 435 Å². The molecule has 1 aromatic carbocycles. The molecule has 0 radical (unpaired) electrons. The molecule has 1 aliphatic carbocycles. The Bertz CT molecular complexity index is 2690. The van der Waals surface area contributed by atoms with E-state index in [9.17, 15) is 89.4 Å². The quantitative estimate of drug-likeness (QED) is 0.0130. The molecule has 3 aromatic rings. The van der Waals surface area contributed by atoms with Crippen LogP contribution in [-0.2, 0) is 58.5 Å². The molecule has 2 aromatic heterocycles. The normalized spacial score (nSPS) is 18.9. The smallest absolute Gasteiger partial charge is 0.481 e. The second kappa shape index (κ2) is 26.5. The van der Waals surface area contributed by atoms with Gasteiger partial charge in [0.2, 0.25) is 11.8 Å². The highest BCUT2D eigenvalue weighted by molar-refractivity contribution is 8.76. The number of nitrogens with zero attached hydrogens (tertiary/aromatic N) is 2. The maximum absolute atomic E-state index is 13.8. The third-order valence-electron chi connectivity index (χ3n) is 13.3. The first-order valence-corrected chi connectivity index (χ1v) is 26.4. The molecule has 27 heteroatoms. The number of carbonyl (C=O) groups is 7. The second-order valence-electron chi connectivity index (χ2n) is 18.0. The zero-order chi connectivity index (χ0) is 55.6. The Morgan fingerprint density at radius 2 is 1.43 bits per heavy atom. The highest BCUT2D eigenvalue weighted by Gasteiger charge is 2.44. The molecule has 0 bridgehead atoms. The maximum Gasteiger partial charge on any atom is 0.513 e. The van der Waals surface area contributed by atoms with E-state index in [0.717, 1.165) is 32.7 Å². The summed E-state index contributed by atoms with van der Waals surface area (Å²) in [5.74, 6) is -11.4. The fraction of sp³-hybridized carbons (Fsp3) is 0.562. The van der Waals surface area contributed by atoms with Gasteiger partial charge in [-0.15, -0.1) is 0 Å². The van der Waals surface area contributed by atoms with Crippen molar-refractivity contribution in [1.82, 2.24) is 20.2 Å². The molecule has 2 aliphatic rings. The second-order valence-corrected chi connectivity index (χ2v) is 20.6. The number of carboxylic acid groups (broad SMARTS) is 2. The molecule has 75 heavy (non-hydrogen) atoms. The molecule has 5 rings (SSSR count). The van der Waals surface area contributed by atoms with E-state index >= 15 is 0 Å². The average molecular weight is 1100 g/mol. The van der Waals surface area contributed by atoms with Crippen molar-refractivity contribution in [2.24, 2.45) is 11.8 Å². The minimum atomic E-state index is -2.40. The number of aliphatic carboxylic acids is 2. The van der Waals surface area contributed by atoms with Crippen LogP contribution in [0.2, 0.25) is 0 Å². The Morgan fingerprint density at radius 1 is 0.800 bits per heavy atom. The summed E-state index contributed by atoms with van der Waals surface area (Å²) < 4.78 is 12.2. The zero-order valence-corrected chi connectivity index (χ0v) is 42.6. The number of ether oxygens (including phenoxy) is 2. The number of carbonyl (C=O) groups excluding carboxylic acids is 5. The van der Waals surface area contributed by atoms with Crippen LogP contribution in [0.3, 0.4) is 0 Å². The third kappa shape index (κ3) is 13.7. The van der Waals surface area contributed by atoms with E-state index in [1.54, 1.807) is 29.7 Å². The maximum atomic E-state index is 13.8. The van der Waals surface area contributed by atoms with Crippen LogP contribution in [0, 0.1) is 11.8 Å². The standard InChI is InChI=1S/C48H62N4O21S2/c1-4-22-25-13-21(7-9-29(25)49-38-27(22)17-52-32(38)15-28-24(45(52)67)8-10-36(58)48(28,71)6-3)73-47(70)72-11-12-74-75-20-31(46(68)69)51-44(66)26(40(62)42(64)35(57)19-54)14-33(55)30(16-37(59)60)50-43(65)23(5-2)39(61)41(63)34(56)18-53/h7,9,13,15,23,26,30-31,34-35,39-42,53-54,56-57,61-64,71H,4-6,8,10-12,14,16-20H2,1-3H3,(H,50,65)(H,51,66)(H,59,60)(H,68,69)/t23-,26-,30-,31+,34+,35+,39+,40+,41+,42+,48-/m0/s1. The average Bonchev–Trinajstić information content (AvgIpc) is 3.75. The van der Waals surface area contributed by atoms with E-state index in [1.165, 1.54) is 13.0 Å². The van der Waals surface area contributed by atoms with Gasteiger partial charge in [0, 0.05) is 46.4 Å². The van der Waals surface area contributed by atoms with Gasteiger partial charge in [0.15, 0.2) is 11.6 Å². The SMILES string of the molecule is CCc1c2c(nc3ccc(OC(=O)OCCSSC[C@@H](NC(=O)[C@@H](CC(=O)[C@H](CC(=O)O)NC(=O)[C@@H](CC)[C@@H](O)[C@H](O)[C@H](O)CO)[C@@H](O)[C@H](O)[C@H](O)CO)C(=O)O)cc13)-c1cc3c(c(=O)n1C2)CCC(=O)[C@]3(O)CC. The topological polar surface area (TPSA) is 419 Å². The fourth-order valence-electron chi connectivity index (χ4n) is 9.06. The highest BCUT2D eigenvalue weighted by Crippen LogP contribution is 2.41. The molecule has 2 amide bonds. The van der Waals surface area contributed by atoms with Crippen molar-refractivity contribution < 1.29 is 99.2 Å². The van der Waals surface area contributed by atoms with Crippen molar-refractivity contribution in [3.63, 3.8) is 0 Å². The van der Waals surface area contributed by atoms with Gasteiger partial charge in [-0.1, -0.05) is 42.4 Å². The van der Waals surface area contributed by atoms with Gasteiger partial charge in [-0.2, -0.15) is 0 Å². The number of ketones is 2. The molecule has 0 fully saturated rings. The number of hydrogen-bond donors (Lipinski definition) is 13. The number of fused-ring (bicyclic) bond motifs is 5. The minimum absolute atomic E-state index is 0.0534. The first kappa shape index (κ1) is 60.3. The molecule has 25 nitrogen and oxygen atoms in total. The van der Waals surface area contributed by atoms with Crippen molar-refractivity contribution in [1.29, 1.82) is 0 Å². The van der Waals surface area contributed by atoms with E-state index in [0.29, 0.717) is 39.8 Å². The molecule has 1 aliphatic heterocycles. The van der Waals surface area contributed by atoms with E-state index in [1.807, 2.05) is 6.92 Å². The molecule has 0 spiro atoms. The van der Waals surface area contributed by atoms with Crippen LogP contribution in [0.25, 0.3) is 22.3 Å². The number of nitrogens with one attached hydrogen (secondary N) is 2. The van der Waals surface area contributed by atoms with Gasteiger partial charge < -0.3 is 80.8 Å². The van der Waals surface area contributed by atoms with Crippen molar-refractivity contribution in [2.75, 3.05) is 31.3 Å². The van der Waals surface area contributed by atoms with Crippen molar-refractivity contribution >= 4 is 74.0 Å². The van der Waals surface area contributed by atoms with Crippen molar-refractivity contribution in [3.8, 4) is 17.1 Å². The Hall–Kier alpha value is -5.59. The molecule has 412 valence electrons. The number of rotatable bonds is 28. The number of Topliss-reactive ketones (excluding diaryl/α,β-unsaturated/α-hetero) is 2. The highest BCUT2D eigenvalue weighted by atomic mass is 33.1. The molecular formula is C48H62N4O21S2. The third-order valence-corrected chi connectivity index (χ3v) is 15.7. The number of aliphatic hydroxyl groups excluding tert-OH is 8. The summed E-state index contributed by atoms with van der Waals surface area (Å²) >= 11 is 0. The first-order valence-electron chi connectivity index (χ1n) is 23.9. The summed E-state index contributed by atoms with van der Waals surface area (Å²) in [6.07, 6.45) is -15.5. The van der Waals surface area contributed by atoms with Crippen LogP contribution in [0.5, 0.6) is 5.75 Å². The first-order chi connectivity index (χ1) is 35.5. The van der Waals surface area contributed by atoms with Gasteiger partial charge in [-0.25, -0.2) is 14.6 Å². The fourth-order valence-corrected chi connectivity index (χ4v) is 11.0. The predicted octanol–water partition coefficient (Wildman–Crippen LogP) is -1.72. The zero-order valence-electron chi connectivity index (χ0n) is 41.0. The molecule has 3 heterocycles. The van der Waals surface area contributed by atoms with Crippen LogP contribution in [0.15, 0.2) is 29.1 Å². The number of amides is 2. The summed E-state index contributed by atoms with van der Waals surface area (Å²) in [4.78, 5) is 109. The van der Waals surface area contributed by atoms with Crippen LogP contribution < -0.4 is 20.9 Å². The van der Waals surface area contributed by atoms with Gasteiger partial charge in [-0.3, -0.25) is 28.8 Å². The minimum Gasteiger partial charge on any atom is -0.481 e. The molecule has 0 saturated heterocycles.